The van der Waals surface area contributed by atoms with Crippen LogP contribution in [0, 0.1) is 18.3 Å². The maximum Gasteiger partial charge on any atom is 0.274 e. The highest BCUT2D eigenvalue weighted by Gasteiger charge is 2.12. The average Bonchev–Trinajstić information content (AvgIpc) is 2.70. The van der Waals surface area contributed by atoms with Crippen LogP contribution in [-0.4, -0.2) is 16.8 Å². The lowest BCUT2D eigenvalue weighted by molar-refractivity contribution is 0.102. The monoisotopic (exact) mass is 356 g/mol. The largest absolute Gasteiger partial charge is 0.322 e. The molecule has 0 aliphatic heterocycles. The van der Waals surface area contributed by atoms with Gasteiger partial charge in [0, 0.05) is 23.1 Å². The van der Waals surface area contributed by atoms with Crippen molar-refractivity contribution in [1.29, 1.82) is 5.26 Å². The summed E-state index contributed by atoms with van der Waals surface area (Å²) in [6.07, 6.45) is 1.41. The fourth-order valence-corrected chi connectivity index (χ4v) is 2.40. The Hall–Kier alpha value is -3.98. The fraction of sp³-hybridized carbons (Fsp3) is 0.0476. The van der Waals surface area contributed by atoms with Crippen molar-refractivity contribution in [2.24, 2.45) is 0 Å². The minimum absolute atomic E-state index is 0.133. The quantitative estimate of drug-likeness (QED) is 0.744. The molecule has 1 heterocycles. The molecule has 0 bridgehead atoms. The Balaban J connectivity index is 1.74. The third-order valence-electron chi connectivity index (χ3n) is 3.81. The zero-order chi connectivity index (χ0) is 19.2. The predicted molar refractivity (Wildman–Crippen MR) is 102 cm³/mol. The Morgan fingerprint density at radius 3 is 2.41 bits per heavy atom. The number of benzene rings is 2. The van der Waals surface area contributed by atoms with E-state index in [0.29, 0.717) is 22.5 Å². The van der Waals surface area contributed by atoms with Crippen molar-refractivity contribution in [2.75, 3.05) is 10.6 Å². The SMILES string of the molecule is Cc1ccc(NC(=O)c2cc(C(=O)Nc3cccc(C#N)c3)ccn2)cc1. The molecule has 0 saturated heterocycles. The standard InChI is InChI=1S/C21H16N4O2/c1-14-5-7-17(8-6-14)24-21(27)19-12-16(9-10-23-19)20(26)25-18-4-2-3-15(11-18)13-22/h2-12H,1H3,(H,24,27)(H,25,26). The Bertz CT molecular complexity index is 1040. The molecule has 0 aliphatic carbocycles. The third kappa shape index (κ3) is 4.55. The van der Waals surface area contributed by atoms with Crippen LogP contribution in [0.1, 0.15) is 32.0 Å². The van der Waals surface area contributed by atoms with Crippen LogP contribution >= 0.6 is 0 Å². The molecule has 6 nitrogen and oxygen atoms in total. The first-order chi connectivity index (χ1) is 13.0. The molecule has 0 atom stereocenters. The van der Waals surface area contributed by atoms with Crippen molar-refractivity contribution in [3.05, 3.63) is 89.2 Å². The lowest BCUT2D eigenvalue weighted by atomic mass is 10.1. The first-order valence-corrected chi connectivity index (χ1v) is 8.21. The first-order valence-electron chi connectivity index (χ1n) is 8.21. The number of pyridine rings is 1. The number of carbonyl (C=O) groups is 2. The molecule has 6 heteroatoms. The molecule has 3 rings (SSSR count). The second-order valence-corrected chi connectivity index (χ2v) is 5.90. The highest BCUT2D eigenvalue weighted by Crippen LogP contribution is 2.13. The second-order valence-electron chi connectivity index (χ2n) is 5.90. The molecule has 3 aromatic rings. The van der Waals surface area contributed by atoms with Gasteiger partial charge in [0.15, 0.2) is 0 Å². The molecule has 0 spiro atoms. The second kappa shape index (κ2) is 7.93. The Morgan fingerprint density at radius 1 is 0.926 bits per heavy atom. The summed E-state index contributed by atoms with van der Waals surface area (Å²) in [5, 5.41) is 14.4. The molecule has 2 aromatic carbocycles. The van der Waals surface area contributed by atoms with E-state index in [9.17, 15) is 9.59 Å². The van der Waals surface area contributed by atoms with E-state index in [4.69, 9.17) is 5.26 Å². The molecule has 2 amide bonds. The van der Waals surface area contributed by atoms with Crippen molar-refractivity contribution < 1.29 is 9.59 Å². The number of hydrogen-bond donors (Lipinski definition) is 2. The third-order valence-corrected chi connectivity index (χ3v) is 3.81. The minimum atomic E-state index is -0.403. The van der Waals surface area contributed by atoms with Crippen LogP contribution in [0.3, 0.4) is 0 Å². The van der Waals surface area contributed by atoms with E-state index < -0.39 is 11.8 Å². The minimum Gasteiger partial charge on any atom is -0.322 e. The van der Waals surface area contributed by atoms with Crippen molar-refractivity contribution >= 4 is 23.2 Å². The first kappa shape index (κ1) is 17.8. The van der Waals surface area contributed by atoms with Crippen LogP contribution in [0.25, 0.3) is 0 Å². The number of aryl methyl sites for hydroxylation is 1. The number of nitrogens with one attached hydrogen (secondary N) is 2. The molecule has 2 N–H and O–H groups in total. The van der Waals surface area contributed by atoms with E-state index >= 15 is 0 Å². The Kier molecular flexibility index (Phi) is 5.24. The van der Waals surface area contributed by atoms with Crippen LogP contribution in [-0.2, 0) is 0 Å². The summed E-state index contributed by atoms with van der Waals surface area (Å²) >= 11 is 0. The van der Waals surface area contributed by atoms with E-state index in [2.05, 4.69) is 15.6 Å². The van der Waals surface area contributed by atoms with Gasteiger partial charge >= 0.3 is 0 Å². The number of anilines is 2. The predicted octanol–water partition coefficient (Wildman–Crippen LogP) is 3.77. The molecular weight excluding hydrogens is 340 g/mol. The van der Waals surface area contributed by atoms with E-state index in [1.54, 1.807) is 36.4 Å². The number of rotatable bonds is 4. The molecule has 0 aliphatic rings. The van der Waals surface area contributed by atoms with E-state index in [1.165, 1.54) is 18.3 Å². The summed E-state index contributed by atoms with van der Waals surface area (Å²) in [6.45, 7) is 1.96. The molecule has 0 radical (unpaired) electrons. The lowest BCUT2D eigenvalue weighted by Gasteiger charge is -2.08. The highest BCUT2D eigenvalue weighted by molar-refractivity contribution is 6.07. The summed E-state index contributed by atoms with van der Waals surface area (Å²) in [6, 6.07) is 18.9. The van der Waals surface area contributed by atoms with Crippen molar-refractivity contribution in [1.82, 2.24) is 4.98 Å². The van der Waals surface area contributed by atoms with Gasteiger partial charge in [-0.25, -0.2) is 0 Å². The summed E-state index contributed by atoms with van der Waals surface area (Å²) in [5.74, 6) is -0.795. The number of nitrogens with zero attached hydrogens (tertiary/aromatic N) is 2. The molecule has 132 valence electrons. The van der Waals surface area contributed by atoms with Gasteiger partial charge in [0.1, 0.15) is 5.69 Å². The summed E-state index contributed by atoms with van der Waals surface area (Å²) in [4.78, 5) is 28.8. The van der Waals surface area contributed by atoms with Crippen LogP contribution in [0.5, 0.6) is 0 Å². The van der Waals surface area contributed by atoms with Gasteiger partial charge in [0.05, 0.1) is 11.6 Å². The van der Waals surface area contributed by atoms with Crippen molar-refractivity contribution in [3.8, 4) is 6.07 Å². The van der Waals surface area contributed by atoms with Gasteiger partial charge in [-0.15, -0.1) is 0 Å². The molecule has 0 saturated carbocycles. The topological polar surface area (TPSA) is 94.9 Å². The zero-order valence-corrected chi connectivity index (χ0v) is 14.6. The smallest absolute Gasteiger partial charge is 0.274 e. The fourth-order valence-electron chi connectivity index (χ4n) is 2.40. The number of nitriles is 1. The summed E-state index contributed by atoms with van der Waals surface area (Å²) in [7, 11) is 0. The maximum atomic E-state index is 12.4. The normalized spacial score (nSPS) is 9.93. The van der Waals surface area contributed by atoms with E-state index in [0.717, 1.165) is 5.56 Å². The van der Waals surface area contributed by atoms with E-state index in [-0.39, 0.29) is 5.69 Å². The molecular formula is C21H16N4O2. The lowest BCUT2D eigenvalue weighted by Crippen LogP contribution is -2.17. The number of carbonyl (C=O) groups excluding carboxylic acids is 2. The van der Waals surface area contributed by atoms with Gasteiger partial charge < -0.3 is 10.6 Å². The number of amides is 2. The van der Waals surface area contributed by atoms with Gasteiger partial charge in [0.25, 0.3) is 11.8 Å². The van der Waals surface area contributed by atoms with Crippen molar-refractivity contribution in [2.45, 2.75) is 6.92 Å². The van der Waals surface area contributed by atoms with Gasteiger partial charge in [-0.2, -0.15) is 5.26 Å². The summed E-state index contributed by atoms with van der Waals surface area (Å²) in [5.41, 5.74) is 3.11. The number of aromatic nitrogens is 1. The van der Waals surface area contributed by atoms with Crippen LogP contribution in [0.4, 0.5) is 11.4 Å². The van der Waals surface area contributed by atoms with Crippen LogP contribution < -0.4 is 10.6 Å². The molecule has 0 fully saturated rings. The Morgan fingerprint density at radius 2 is 1.67 bits per heavy atom. The van der Waals surface area contributed by atoms with Gasteiger partial charge in [-0.3, -0.25) is 14.6 Å². The zero-order valence-electron chi connectivity index (χ0n) is 14.6. The number of hydrogen-bond acceptors (Lipinski definition) is 4. The van der Waals surface area contributed by atoms with Gasteiger partial charge in [-0.05, 0) is 49.4 Å². The molecule has 27 heavy (non-hydrogen) atoms. The average molecular weight is 356 g/mol. The van der Waals surface area contributed by atoms with Gasteiger partial charge in [-0.1, -0.05) is 23.8 Å². The Labute approximate surface area is 156 Å². The summed E-state index contributed by atoms with van der Waals surface area (Å²) < 4.78 is 0. The van der Waals surface area contributed by atoms with Crippen molar-refractivity contribution in [3.63, 3.8) is 0 Å². The molecule has 1 aromatic heterocycles. The maximum absolute atomic E-state index is 12.4. The van der Waals surface area contributed by atoms with Gasteiger partial charge in [0.2, 0.25) is 0 Å². The van der Waals surface area contributed by atoms with Crippen LogP contribution in [0.15, 0.2) is 66.9 Å². The highest BCUT2D eigenvalue weighted by atomic mass is 16.2. The molecule has 0 unspecified atom stereocenters. The van der Waals surface area contributed by atoms with E-state index in [1.807, 2.05) is 25.1 Å². The van der Waals surface area contributed by atoms with Crippen LogP contribution in [0.2, 0.25) is 0 Å².